The molecule has 2 aromatic rings. The highest BCUT2D eigenvalue weighted by atomic mass is 16.1. The van der Waals surface area contributed by atoms with Crippen LogP contribution in [0.25, 0.3) is 10.9 Å². The number of aryl methyl sites for hydroxylation is 1. The summed E-state index contributed by atoms with van der Waals surface area (Å²) < 4.78 is 0. The van der Waals surface area contributed by atoms with Crippen LogP contribution < -0.4 is 10.6 Å². The number of nitrogens with zero attached hydrogens (tertiary/aromatic N) is 1. The number of benzene rings is 1. The predicted molar refractivity (Wildman–Crippen MR) is 84.4 cm³/mol. The van der Waals surface area contributed by atoms with Gasteiger partial charge in [-0.1, -0.05) is 18.2 Å². The van der Waals surface area contributed by atoms with Crippen molar-refractivity contribution >= 4 is 16.8 Å². The number of rotatable bonds is 2. The van der Waals surface area contributed by atoms with Crippen LogP contribution in [0.2, 0.25) is 0 Å². The Morgan fingerprint density at radius 2 is 2.19 bits per heavy atom. The molecule has 1 saturated heterocycles. The van der Waals surface area contributed by atoms with Crippen molar-refractivity contribution in [2.45, 2.75) is 38.8 Å². The van der Waals surface area contributed by atoms with E-state index in [4.69, 9.17) is 0 Å². The number of hydrogen-bond acceptors (Lipinski definition) is 3. The Kier molecular flexibility index (Phi) is 3.88. The number of pyridine rings is 1. The summed E-state index contributed by atoms with van der Waals surface area (Å²) in [6.07, 6.45) is 1.96. The van der Waals surface area contributed by atoms with E-state index in [-0.39, 0.29) is 11.9 Å². The van der Waals surface area contributed by atoms with Gasteiger partial charge in [-0.3, -0.25) is 9.78 Å². The van der Waals surface area contributed by atoms with Gasteiger partial charge in [-0.15, -0.1) is 0 Å². The van der Waals surface area contributed by atoms with Gasteiger partial charge in [0.15, 0.2) is 0 Å². The molecule has 1 fully saturated rings. The van der Waals surface area contributed by atoms with Crippen molar-refractivity contribution in [3.05, 3.63) is 41.6 Å². The van der Waals surface area contributed by atoms with Crippen molar-refractivity contribution in [1.29, 1.82) is 0 Å². The van der Waals surface area contributed by atoms with E-state index in [2.05, 4.69) is 22.5 Å². The summed E-state index contributed by atoms with van der Waals surface area (Å²) in [5.41, 5.74) is 2.48. The second-order valence-electron chi connectivity index (χ2n) is 5.88. The Bertz CT molecular complexity index is 668. The standard InChI is InChI=1S/C17H21N3O/c1-11-9-13(7-8-18-11)20-17(21)15-10-12(2)19-16-6-4-3-5-14(15)16/h3-6,10-11,13,18H,7-9H2,1-2H3,(H,20,21). The van der Waals surface area contributed by atoms with Crippen LogP contribution in [0.15, 0.2) is 30.3 Å². The van der Waals surface area contributed by atoms with Crippen LogP contribution in [0.5, 0.6) is 0 Å². The number of aromatic nitrogens is 1. The fraction of sp³-hybridized carbons (Fsp3) is 0.412. The second kappa shape index (κ2) is 5.82. The number of fused-ring (bicyclic) bond motifs is 1. The number of hydrogen-bond donors (Lipinski definition) is 2. The number of nitrogens with one attached hydrogen (secondary N) is 2. The van der Waals surface area contributed by atoms with Crippen LogP contribution in [-0.2, 0) is 0 Å². The van der Waals surface area contributed by atoms with Crippen molar-refractivity contribution in [1.82, 2.24) is 15.6 Å². The van der Waals surface area contributed by atoms with Gasteiger partial charge in [0.1, 0.15) is 0 Å². The molecule has 1 aliphatic rings. The molecule has 2 N–H and O–H groups in total. The highest BCUT2D eigenvalue weighted by molar-refractivity contribution is 6.06. The third kappa shape index (κ3) is 3.05. The molecule has 3 rings (SSSR count). The maximum atomic E-state index is 12.6. The molecule has 0 radical (unpaired) electrons. The lowest BCUT2D eigenvalue weighted by molar-refractivity contribution is 0.0927. The van der Waals surface area contributed by atoms with Crippen LogP contribution >= 0.6 is 0 Å². The Hall–Kier alpha value is -1.94. The zero-order valence-electron chi connectivity index (χ0n) is 12.5. The van der Waals surface area contributed by atoms with E-state index in [0.29, 0.717) is 6.04 Å². The molecule has 1 aliphatic heterocycles. The maximum absolute atomic E-state index is 12.6. The third-order valence-corrected chi connectivity index (χ3v) is 4.05. The van der Waals surface area contributed by atoms with Crippen molar-refractivity contribution in [3.8, 4) is 0 Å². The van der Waals surface area contributed by atoms with Gasteiger partial charge in [0.25, 0.3) is 5.91 Å². The first-order chi connectivity index (χ1) is 10.1. The fourth-order valence-electron chi connectivity index (χ4n) is 3.02. The largest absolute Gasteiger partial charge is 0.349 e. The summed E-state index contributed by atoms with van der Waals surface area (Å²) in [6, 6.07) is 10.4. The lowest BCUT2D eigenvalue weighted by Gasteiger charge is -2.28. The summed E-state index contributed by atoms with van der Waals surface area (Å²) in [4.78, 5) is 17.1. The average molecular weight is 283 g/mol. The van der Waals surface area contributed by atoms with Gasteiger partial charge in [0.05, 0.1) is 11.1 Å². The molecule has 4 nitrogen and oxygen atoms in total. The van der Waals surface area contributed by atoms with Crippen LogP contribution in [0.1, 0.15) is 35.8 Å². The number of carbonyl (C=O) groups is 1. The molecular weight excluding hydrogens is 262 g/mol. The first-order valence-electron chi connectivity index (χ1n) is 7.54. The van der Waals surface area contributed by atoms with Gasteiger partial charge in [0, 0.05) is 23.2 Å². The molecule has 0 saturated carbocycles. The number of carbonyl (C=O) groups excluding carboxylic acids is 1. The highest BCUT2D eigenvalue weighted by Gasteiger charge is 2.21. The summed E-state index contributed by atoms with van der Waals surface area (Å²) in [5.74, 6) is 0.0100. The van der Waals surface area contributed by atoms with Gasteiger partial charge >= 0.3 is 0 Å². The van der Waals surface area contributed by atoms with E-state index in [1.165, 1.54) is 0 Å². The van der Waals surface area contributed by atoms with Crippen LogP contribution in [0.4, 0.5) is 0 Å². The van der Waals surface area contributed by atoms with Crippen molar-refractivity contribution in [2.75, 3.05) is 6.54 Å². The molecule has 0 spiro atoms. The van der Waals surface area contributed by atoms with Gasteiger partial charge in [-0.25, -0.2) is 0 Å². The number of para-hydroxylation sites is 1. The zero-order valence-corrected chi connectivity index (χ0v) is 12.5. The fourth-order valence-corrected chi connectivity index (χ4v) is 3.02. The van der Waals surface area contributed by atoms with Gasteiger partial charge in [-0.2, -0.15) is 0 Å². The average Bonchev–Trinajstić information content (AvgIpc) is 2.46. The predicted octanol–water partition coefficient (Wildman–Crippen LogP) is 2.41. The molecule has 2 heterocycles. The Labute approximate surface area is 125 Å². The lowest BCUT2D eigenvalue weighted by atomic mass is 9.99. The molecule has 2 unspecified atom stereocenters. The van der Waals surface area contributed by atoms with E-state index in [1.807, 2.05) is 37.3 Å². The second-order valence-corrected chi connectivity index (χ2v) is 5.88. The van der Waals surface area contributed by atoms with Crippen LogP contribution in [0, 0.1) is 6.92 Å². The molecular formula is C17H21N3O. The minimum Gasteiger partial charge on any atom is -0.349 e. The van der Waals surface area contributed by atoms with Crippen molar-refractivity contribution in [3.63, 3.8) is 0 Å². The number of piperidine rings is 1. The van der Waals surface area contributed by atoms with Gasteiger partial charge < -0.3 is 10.6 Å². The lowest BCUT2D eigenvalue weighted by Crippen LogP contribution is -2.46. The summed E-state index contributed by atoms with van der Waals surface area (Å²) >= 11 is 0. The topological polar surface area (TPSA) is 54.0 Å². The maximum Gasteiger partial charge on any atom is 0.252 e. The van der Waals surface area contributed by atoms with E-state index in [0.717, 1.165) is 41.5 Å². The Morgan fingerprint density at radius 3 is 3.00 bits per heavy atom. The molecule has 4 heteroatoms. The minimum atomic E-state index is 0.0100. The number of amides is 1. The SMILES string of the molecule is Cc1cc(C(=O)NC2CCNC(C)C2)c2ccccc2n1. The first kappa shape index (κ1) is 14.0. The molecule has 1 aromatic carbocycles. The summed E-state index contributed by atoms with van der Waals surface area (Å²) in [5, 5.41) is 7.50. The van der Waals surface area contributed by atoms with Crippen LogP contribution in [-0.4, -0.2) is 29.5 Å². The third-order valence-electron chi connectivity index (χ3n) is 4.05. The minimum absolute atomic E-state index is 0.0100. The molecule has 2 atom stereocenters. The zero-order chi connectivity index (χ0) is 14.8. The molecule has 0 aliphatic carbocycles. The van der Waals surface area contributed by atoms with E-state index >= 15 is 0 Å². The summed E-state index contributed by atoms with van der Waals surface area (Å²) in [7, 11) is 0. The summed E-state index contributed by atoms with van der Waals surface area (Å²) in [6.45, 7) is 5.04. The van der Waals surface area contributed by atoms with E-state index in [1.54, 1.807) is 0 Å². The van der Waals surface area contributed by atoms with Gasteiger partial charge in [-0.05, 0) is 45.4 Å². The highest BCUT2D eigenvalue weighted by Crippen LogP contribution is 2.19. The Morgan fingerprint density at radius 1 is 1.38 bits per heavy atom. The molecule has 0 bridgehead atoms. The quantitative estimate of drug-likeness (QED) is 0.890. The first-order valence-corrected chi connectivity index (χ1v) is 7.54. The van der Waals surface area contributed by atoms with Crippen LogP contribution in [0.3, 0.4) is 0 Å². The molecule has 1 aromatic heterocycles. The monoisotopic (exact) mass is 283 g/mol. The van der Waals surface area contributed by atoms with E-state index < -0.39 is 0 Å². The molecule has 1 amide bonds. The normalized spacial score (nSPS) is 22.2. The molecule has 21 heavy (non-hydrogen) atoms. The van der Waals surface area contributed by atoms with Gasteiger partial charge in [0.2, 0.25) is 0 Å². The smallest absolute Gasteiger partial charge is 0.252 e. The Balaban J connectivity index is 1.87. The van der Waals surface area contributed by atoms with Crippen molar-refractivity contribution < 1.29 is 4.79 Å². The van der Waals surface area contributed by atoms with Crippen molar-refractivity contribution in [2.24, 2.45) is 0 Å². The molecule has 110 valence electrons. The van der Waals surface area contributed by atoms with E-state index in [9.17, 15) is 4.79 Å².